The van der Waals surface area contributed by atoms with Gasteiger partial charge in [-0.25, -0.2) is 4.68 Å². The van der Waals surface area contributed by atoms with Crippen LogP contribution in [0.5, 0.6) is 0 Å². The lowest BCUT2D eigenvalue weighted by Gasteiger charge is -2.37. The smallest absolute Gasteiger partial charge is 0.232 e. The van der Waals surface area contributed by atoms with Crippen LogP contribution in [0.2, 0.25) is 0 Å². The summed E-state index contributed by atoms with van der Waals surface area (Å²) in [7, 11) is 0. The molecule has 2 aromatic rings. The molecule has 1 saturated heterocycles. The van der Waals surface area contributed by atoms with Crippen LogP contribution in [0.15, 0.2) is 36.7 Å². The third kappa shape index (κ3) is 2.91. The number of carbonyl (C=O) groups is 1. The van der Waals surface area contributed by atoms with Crippen molar-refractivity contribution in [1.82, 2.24) is 20.3 Å². The van der Waals surface area contributed by atoms with Crippen LogP contribution >= 0.6 is 12.4 Å². The molecule has 1 amide bonds. The van der Waals surface area contributed by atoms with Crippen molar-refractivity contribution in [2.24, 2.45) is 11.3 Å². The van der Waals surface area contributed by atoms with Crippen LogP contribution in [0.4, 0.5) is 5.69 Å². The van der Waals surface area contributed by atoms with Crippen molar-refractivity contribution in [2.45, 2.75) is 25.7 Å². The number of halogens is 1. The van der Waals surface area contributed by atoms with Gasteiger partial charge in [0.15, 0.2) is 0 Å². The number of carbonyl (C=O) groups excluding carboxylic acids is 1. The Kier molecular flexibility index (Phi) is 4.87. The summed E-state index contributed by atoms with van der Waals surface area (Å²) in [5.74, 6) is 0.645. The molecule has 4 rings (SSSR count). The van der Waals surface area contributed by atoms with Crippen LogP contribution < -0.4 is 10.6 Å². The molecule has 2 aliphatic rings. The Balaban J connectivity index is 0.00000169. The maximum Gasteiger partial charge on any atom is 0.232 e. The SMILES string of the molecule is Cl.O=C(Nc1ccc(-n2ccnn2)cc1)[C@@]12CCCC[C@H]1CNC2. The molecule has 0 unspecified atom stereocenters. The average molecular weight is 348 g/mol. The van der Waals surface area contributed by atoms with E-state index in [-0.39, 0.29) is 23.7 Å². The van der Waals surface area contributed by atoms with Crippen molar-refractivity contribution in [1.29, 1.82) is 0 Å². The van der Waals surface area contributed by atoms with Gasteiger partial charge in [0.05, 0.1) is 23.5 Å². The van der Waals surface area contributed by atoms with Crippen molar-refractivity contribution >= 4 is 24.0 Å². The van der Waals surface area contributed by atoms with Gasteiger partial charge in [-0.15, -0.1) is 17.5 Å². The molecule has 0 bridgehead atoms. The minimum atomic E-state index is -0.219. The van der Waals surface area contributed by atoms with Crippen molar-refractivity contribution in [3.05, 3.63) is 36.7 Å². The van der Waals surface area contributed by atoms with Crippen LogP contribution in [0.3, 0.4) is 0 Å². The van der Waals surface area contributed by atoms with Gasteiger partial charge in [-0.3, -0.25) is 4.79 Å². The summed E-state index contributed by atoms with van der Waals surface area (Å²) in [6, 6.07) is 7.72. The molecule has 6 nitrogen and oxygen atoms in total. The maximum absolute atomic E-state index is 12.9. The van der Waals surface area contributed by atoms with E-state index in [1.165, 1.54) is 6.42 Å². The summed E-state index contributed by atoms with van der Waals surface area (Å²) in [5.41, 5.74) is 1.55. The second-order valence-electron chi connectivity index (χ2n) is 6.58. The van der Waals surface area contributed by atoms with Gasteiger partial charge >= 0.3 is 0 Å². The molecule has 2 fully saturated rings. The van der Waals surface area contributed by atoms with E-state index in [0.29, 0.717) is 5.92 Å². The third-order valence-electron chi connectivity index (χ3n) is 5.30. The van der Waals surface area contributed by atoms with E-state index in [2.05, 4.69) is 20.9 Å². The minimum absolute atomic E-state index is 0. The highest BCUT2D eigenvalue weighted by molar-refractivity contribution is 5.96. The fraction of sp³-hybridized carbons (Fsp3) is 0.471. The zero-order valence-electron chi connectivity index (χ0n) is 13.4. The number of rotatable bonds is 3. The Morgan fingerprint density at radius 1 is 1.29 bits per heavy atom. The molecule has 24 heavy (non-hydrogen) atoms. The van der Waals surface area contributed by atoms with Gasteiger partial charge in [0.25, 0.3) is 0 Å². The molecule has 2 N–H and O–H groups in total. The Bertz CT molecular complexity index is 688. The second-order valence-corrected chi connectivity index (χ2v) is 6.58. The monoisotopic (exact) mass is 347 g/mol. The Labute approximate surface area is 147 Å². The second kappa shape index (κ2) is 6.91. The molecule has 0 radical (unpaired) electrons. The van der Waals surface area contributed by atoms with E-state index in [4.69, 9.17) is 0 Å². The first-order valence-corrected chi connectivity index (χ1v) is 8.27. The lowest BCUT2D eigenvalue weighted by Crippen LogP contribution is -2.44. The van der Waals surface area contributed by atoms with Crippen molar-refractivity contribution in [3.8, 4) is 5.69 Å². The summed E-state index contributed by atoms with van der Waals surface area (Å²) < 4.78 is 1.70. The van der Waals surface area contributed by atoms with Crippen molar-refractivity contribution < 1.29 is 4.79 Å². The zero-order valence-corrected chi connectivity index (χ0v) is 14.3. The van der Waals surface area contributed by atoms with Crippen LogP contribution in [0.1, 0.15) is 25.7 Å². The number of benzene rings is 1. The average Bonchev–Trinajstić information content (AvgIpc) is 3.25. The van der Waals surface area contributed by atoms with Gasteiger partial charge in [0.1, 0.15) is 0 Å². The van der Waals surface area contributed by atoms with Gasteiger partial charge in [-0.1, -0.05) is 18.1 Å². The normalized spacial score (nSPS) is 25.6. The van der Waals surface area contributed by atoms with Gasteiger partial charge in [-0.2, -0.15) is 0 Å². The fourth-order valence-corrected chi connectivity index (χ4v) is 3.99. The summed E-state index contributed by atoms with van der Waals surface area (Å²) in [6.07, 6.45) is 7.98. The molecule has 1 aliphatic carbocycles. The highest BCUT2D eigenvalue weighted by Crippen LogP contribution is 2.44. The molecule has 1 aromatic heterocycles. The number of nitrogens with zero attached hydrogens (tertiary/aromatic N) is 3. The number of hydrogen-bond acceptors (Lipinski definition) is 4. The predicted molar refractivity (Wildman–Crippen MR) is 94.5 cm³/mol. The Morgan fingerprint density at radius 3 is 2.88 bits per heavy atom. The van der Waals surface area contributed by atoms with Gasteiger partial charge in [0, 0.05) is 12.2 Å². The van der Waals surface area contributed by atoms with Gasteiger partial charge < -0.3 is 10.6 Å². The standard InChI is InChI=1S/C17H21N5O.ClH/c23-16(17-8-2-1-3-13(17)11-18-12-17)20-14-4-6-15(7-5-14)22-10-9-19-21-22;/h4-7,9-10,13,18H,1-3,8,11-12H2,(H,20,23);1H/t13-,17+;/m0./s1. The molecule has 0 spiro atoms. The molecule has 1 saturated carbocycles. The molecule has 1 aromatic carbocycles. The Morgan fingerprint density at radius 2 is 2.12 bits per heavy atom. The minimum Gasteiger partial charge on any atom is -0.326 e. The number of nitrogens with one attached hydrogen (secondary N) is 2. The number of amides is 1. The Hall–Kier alpha value is -1.92. The first kappa shape index (κ1) is 16.9. The zero-order chi connectivity index (χ0) is 15.7. The van der Waals surface area contributed by atoms with E-state index in [1.807, 2.05) is 24.3 Å². The topological polar surface area (TPSA) is 71.8 Å². The lowest BCUT2D eigenvalue weighted by molar-refractivity contribution is -0.128. The van der Waals surface area contributed by atoms with E-state index in [9.17, 15) is 4.79 Å². The third-order valence-corrected chi connectivity index (χ3v) is 5.30. The fourth-order valence-electron chi connectivity index (χ4n) is 3.99. The molecule has 1 aliphatic heterocycles. The largest absolute Gasteiger partial charge is 0.326 e. The van der Waals surface area contributed by atoms with E-state index >= 15 is 0 Å². The van der Waals surface area contributed by atoms with E-state index in [0.717, 1.165) is 43.7 Å². The molecule has 128 valence electrons. The summed E-state index contributed by atoms with van der Waals surface area (Å²) in [4.78, 5) is 12.9. The highest BCUT2D eigenvalue weighted by atomic mass is 35.5. The first-order valence-electron chi connectivity index (χ1n) is 8.27. The summed E-state index contributed by atoms with van der Waals surface area (Å²) >= 11 is 0. The van der Waals surface area contributed by atoms with Crippen LogP contribution in [-0.2, 0) is 4.79 Å². The maximum atomic E-state index is 12.9. The number of anilines is 1. The summed E-state index contributed by atoms with van der Waals surface area (Å²) in [5, 5.41) is 14.3. The van der Waals surface area contributed by atoms with Crippen molar-refractivity contribution in [3.63, 3.8) is 0 Å². The first-order chi connectivity index (χ1) is 11.3. The van der Waals surface area contributed by atoms with E-state index in [1.54, 1.807) is 17.1 Å². The molecular formula is C17H22ClN5O. The number of fused-ring (bicyclic) bond motifs is 1. The quantitative estimate of drug-likeness (QED) is 0.894. The number of hydrogen-bond donors (Lipinski definition) is 2. The van der Waals surface area contributed by atoms with Crippen LogP contribution in [0.25, 0.3) is 5.69 Å². The van der Waals surface area contributed by atoms with Crippen LogP contribution in [0, 0.1) is 11.3 Å². The number of aromatic nitrogens is 3. The lowest BCUT2D eigenvalue weighted by atomic mass is 9.67. The van der Waals surface area contributed by atoms with Crippen molar-refractivity contribution in [2.75, 3.05) is 18.4 Å². The molecule has 2 atom stereocenters. The van der Waals surface area contributed by atoms with Crippen LogP contribution in [-0.4, -0.2) is 34.0 Å². The van der Waals surface area contributed by atoms with E-state index < -0.39 is 0 Å². The molecular weight excluding hydrogens is 326 g/mol. The predicted octanol–water partition coefficient (Wildman–Crippen LogP) is 2.41. The highest BCUT2D eigenvalue weighted by Gasteiger charge is 2.49. The molecule has 7 heteroatoms. The molecule has 2 heterocycles. The van der Waals surface area contributed by atoms with Gasteiger partial charge in [-0.05, 0) is 49.6 Å². The summed E-state index contributed by atoms with van der Waals surface area (Å²) in [6.45, 7) is 1.78. The van der Waals surface area contributed by atoms with Gasteiger partial charge in [0.2, 0.25) is 5.91 Å².